The zero-order chi connectivity index (χ0) is 12.0. The molecule has 0 saturated carbocycles. The van der Waals surface area contributed by atoms with E-state index in [4.69, 9.17) is 0 Å². The van der Waals surface area contributed by atoms with E-state index in [9.17, 15) is 5.11 Å². The molecule has 2 heterocycles. The topological polar surface area (TPSA) is 33.1 Å². The highest BCUT2D eigenvalue weighted by Gasteiger charge is 2.37. The molecule has 0 aliphatic carbocycles. The summed E-state index contributed by atoms with van der Waals surface area (Å²) in [5.74, 6) is 0. The minimum Gasteiger partial charge on any atom is -0.384 e. The van der Waals surface area contributed by atoms with Gasteiger partial charge in [-0.15, -0.1) is 0 Å². The maximum Gasteiger partial charge on any atom is 0.113 e. The molecule has 0 fully saturated rings. The van der Waals surface area contributed by atoms with Gasteiger partial charge in [0.2, 0.25) is 0 Å². The minimum absolute atomic E-state index is 0.518. The number of hydrogen-bond acceptors (Lipinski definition) is 2. The molecule has 1 atom stereocenters. The number of fused-ring (bicyclic) bond motifs is 2. The summed E-state index contributed by atoms with van der Waals surface area (Å²) in [4.78, 5) is 4.15. The average Bonchev–Trinajstić information content (AvgIpc) is 2.37. The quantitative estimate of drug-likeness (QED) is 0.705. The Kier molecular flexibility index (Phi) is 2.21. The second kappa shape index (κ2) is 3.52. The molecule has 1 aliphatic heterocycles. The van der Waals surface area contributed by atoms with Crippen molar-refractivity contribution >= 4 is 18.4 Å². The summed E-state index contributed by atoms with van der Waals surface area (Å²) in [6, 6.07) is 10.3. The van der Waals surface area contributed by atoms with Crippen molar-refractivity contribution in [3.05, 3.63) is 53.9 Å². The Balaban J connectivity index is 2.34. The maximum atomic E-state index is 10.4. The Labute approximate surface area is 102 Å². The first-order valence-electron chi connectivity index (χ1n) is 5.84. The molecule has 17 heavy (non-hydrogen) atoms. The van der Waals surface area contributed by atoms with Crippen LogP contribution in [0.5, 0.6) is 0 Å². The highest BCUT2D eigenvalue weighted by Crippen LogP contribution is 2.27. The molecule has 1 aromatic carbocycles. The summed E-state index contributed by atoms with van der Waals surface area (Å²) < 4.78 is 0. The molecule has 0 spiro atoms. The first-order chi connectivity index (χ1) is 8.12. The van der Waals surface area contributed by atoms with E-state index in [1.165, 1.54) is 10.4 Å². The summed E-state index contributed by atoms with van der Waals surface area (Å²) in [7, 11) is -1.67. The van der Waals surface area contributed by atoms with E-state index in [-0.39, 0.29) is 0 Å². The van der Waals surface area contributed by atoms with Crippen molar-refractivity contribution in [3.8, 4) is 0 Å². The van der Waals surface area contributed by atoms with E-state index in [1.807, 2.05) is 24.5 Å². The largest absolute Gasteiger partial charge is 0.384 e. The van der Waals surface area contributed by atoms with Crippen molar-refractivity contribution in [2.24, 2.45) is 0 Å². The van der Waals surface area contributed by atoms with Gasteiger partial charge in [0.05, 0.1) is 0 Å². The van der Waals surface area contributed by atoms with Crippen LogP contribution in [0.2, 0.25) is 13.1 Å². The van der Waals surface area contributed by atoms with Gasteiger partial charge >= 0.3 is 0 Å². The van der Waals surface area contributed by atoms with Crippen molar-refractivity contribution in [1.29, 1.82) is 0 Å². The average molecular weight is 241 g/mol. The van der Waals surface area contributed by atoms with Gasteiger partial charge in [-0.3, -0.25) is 4.98 Å². The predicted octanol–water partition coefficient (Wildman–Crippen LogP) is 1.30. The number of pyridine rings is 1. The second-order valence-corrected chi connectivity index (χ2v) is 9.41. The Morgan fingerprint density at radius 3 is 2.59 bits per heavy atom. The first-order valence-corrected chi connectivity index (χ1v) is 8.84. The van der Waals surface area contributed by atoms with Gasteiger partial charge in [0.1, 0.15) is 14.2 Å². The summed E-state index contributed by atoms with van der Waals surface area (Å²) in [5.41, 5.74) is 2.05. The van der Waals surface area contributed by atoms with Crippen LogP contribution in [0, 0.1) is 0 Å². The summed E-state index contributed by atoms with van der Waals surface area (Å²) in [6.07, 6.45) is 3.12. The lowest BCUT2D eigenvalue weighted by molar-refractivity contribution is 0.221. The van der Waals surface area contributed by atoms with Gasteiger partial charge in [-0.1, -0.05) is 37.4 Å². The first kappa shape index (κ1) is 10.7. The molecule has 2 aromatic rings. The number of aromatic nitrogens is 1. The van der Waals surface area contributed by atoms with Gasteiger partial charge in [0.15, 0.2) is 0 Å². The van der Waals surface area contributed by atoms with E-state index >= 15 is 0 Å². The molecule has 0 amide bonds. The highest BCUT2D eigenvalue weighted by molar-refractivity contribution is 7.01. The molecule has 1 aliphatic rings. The Hall–Kier alpha value is -1.45. The van der Waals surface area contributed by atoms with E-state index < -0.39 is 14.2 Å². The van der Waals surface area contributed by atoms with Crippen LogP contribution >= 0.6 is 0 Å². The number of benzene rings is 1. The van der Waals surface area contributed by atoms with E-state index in [1.54, 1.807) is 0 Å². The molecule has 86 valence electrons. The molecule has 1 aromatic heterocycles. The van der Waals surface area contributed by atoms with E-state index in [0.29, 0.717) is 0 Å². The lowest BCUT2D eigenvalue weighted by Gasteiger charge is -2.35. The Morgan fingerprint density at radius 2 is 1.76 bits per heavy atom. The van der Waals surface area contributed by atoms with Crippen molar-refractivity contribution < 1.29 is 5.11 Å². The van der Waals surface area contributed by atoms with Gasteiger partial charge in [0.25, 0.3) is 0 Å². The van der Waals surface area contributed by atoms with Gasteiger partial charge in [-0.2, -0.15) is 0 Å². The fourth-order valence-corrected chi connectivity index (χ4v) is 5.97. The minimum atomic E-state index is -1.67. The molecule has 0 bridgehead atoms. The summed E-state index contributed by atoms with van der Waals surface area (Å²) >= 11 is 0. The van der Waals surface area contributed by atoms with Gasteiger partial charge < -0.3 is 5.11 Å². The van der Waals surface area contributed by atoms with Gasteiger partial charge in [0, 0.05) is 18.0 Å². The summed E-state index contributed by atoms with van der Waals surface area (Å²) in [6.45, 7) is 4.66. The van der Waals surface area contributed by atoms with Crippen LogP contribution in [0.4, 0.5) is 0 Å². The van der Waals surface area contributed by atoms with Crippen LogP contribution in [-0.2, 0) is 0 Å². The lowest BCUT2D eigenvalue weighted by atomic mass is 10.0. The number of aliphatic hydroxyl groups is 1. The van der Waals surface area contributed by atoms with E-state index in [0.717, 1.165) is 11.1 Å². The monoisotopic (exact) mass is 241 g/mol. The smallest absolute Gasteiger partial charge is 0.113 e. The molecular formula is C14H15NOSi. The molecular weight excluding hydrogens is 226 g/mol. The Bertz CT molecular complexity index is 530. The normalized spacial score (nSPS) is 20.5. The van der Waals surface area contributed by atoms with E-state index in [2.05, 4.69) is 36.3 Å². The van der Waals surface area contributed by atoms with Gasteiger partial charge in [-0.25, -0.2) is 0 Å². The van der Waals surface area contributed by atoms with Crippen LogP contribution in [-0.4, -0.2) is 18.2 Å². The fourth-order valence-electron chi connectivity index (χ4n) is 2.81. The third-order valence-corrected chi connectivity index (χ3v) is 7.35. The van der Waals surface area contributed by atoms with Crippen molar-refractivity contribution in [2.75, 3.05) is 0 Å². The van der Waals surface area contributed by atoms with Crippen LogP contribution in [0.25, 0.3) is 0 Å². The van der Waals surface area contributed by atoms with Crippen molar-refractivity contribution in [2.45, 2.75) is 19.2 Å². The second-order valence-electron chi connectivity index (χ2n) is 5.08. The zero-order valence-corrected chi connectivity index (χ0v) is 11.0. The molecule has 0 saturated heterocycles. The number of aliphatic hydroxyl groups excluding tert-OH is 1. The predicted molar refractivity (Wildman–Crippen MR) is 71.5 cm³/mol. The number of hydrogen-bond donors (Lipinski definition) is 1. The SMILES string of the molecule is C[Si]1(C)c2ccccc2C(O)c2cnccc21. The molecule has 1 unspecified atom stereocenters. The van der Waals surface area contributed by atoms with Crippen molar-refractivity contribution in [3.63, 3.8) is 0 Å². The fraction of sp³-hybridized carbons (Fsp3) is 0.214. The van der Waals surface area contributed by atoms with Crippen LogP contribution < -0.4 is 10.4 Å². The molecule has 3 rings (SSSR count). The third kappa shape index (κ3) is 1.39. The molecule has 2 nitrogen and oxygen atoms in total. The number of rotatable bonds is 0. The summed E-state index contributed by atoms with van der Waals surface area (Å²) in [5, 5.41) is 13.1. The lowest BCUT2D eigenvalue weighted by Crippen LogP contribution is -2.59. The van der Waals surface area contributed by atoms with Gasteiger partial charge in [-0.05, 0) is 22.0 Å². The van der Waals surface area contributed by atoms with Crippen LogP contribution in [0.3, 0.4) is 0 Å². The number of nitrogens with zero attached hydrogens (tertiary/aromatic N) is 1. The maximum absolute atomic E-state index is 10.4. The molecule has 0 radical (unpaired) electrons. The zero-order valence-electron chi connectivity index (χ0n) is 10.0. The van der Waals surface area contributed by atoms with Crippen LogP contribution in [0.15, 0.2) is 42.7 Å². The Morgan fingerprint density at radius 1 is 1.06 bits per heavy atom. The standard InChI is InChI=1S/C14H15NOSi/c1-17(2)12-6-4-3-5-10(12)14(16)11-9-15-8-7-13(11)17/h3-9,14,16H,1-2H3. The molecule has 1 N–H and O–H groups in total. The molecule has 3 heteroatoms. The highest BCUT2D eigenvalue weighted by atomic mass is 28.3. The van der Waals surface area contributed by atoms with Crippen molar-refractivity contribution in [1.82, 2.24) is 4.98 Å². The third-order valence-electron chi connectivity index (χ3n) is 3.75. The van der Waals surface area contributed by atoms with Crippen LogP contribution in [0.1, 0.15) is 17.2 Å².